The van der Waals surface area contributed by atoms with Crippen LogP contribution in [0.15, 0.2) is 34.9 Å². The van der Waals surface area contributed by atoms with Gasteiger partial charge in [-0.3, -0.25) is 4.79 Å². The quantitative estimate of drug-likeness (QED) is 0.787. The van der Waals surface area contributed by atoms with Crippen LogP contribution in [0.4, 0.5) is 0 Å². The average Bonchev–Trinajstić information content (AvgIpc) is 2.97. The molecule has 4 nitrogen and oxygen atoms in total. The van der Waals surface area contributed by atoms with Gasteiger partial charge >= 0.3 is 0 Å². The van der Waals surface area contributed by atoms with Gasteiger partial charge in [0.15, 0.2) is 0 Å². The van der Waals surface area contributed by atoms with Crippen LogP contribution in [0.25, 0.3) is 11.3 Å². The van der Waals surface area contributed by atoms with Gasteiger partial charge in [0.2, 0.25) is 5.91 Å². The number of rotatable bonds is 8. The summed E-state index contributed by atoms with van der Waals surface area (Å²) in [6.45, 7) is 6.21. The molecule has 1 aromatic carbocycles. The number of hydrogen-bond donors (Lipinski definition) is 1. The Morgan fingerprint density at radius 1 is 1.35 bits per heavy atom. The SMILES string of the molecule is CCC[C@H](C)NC(=O)CSCc1cc(-c2ccc(C)cc2)no1. The summed E-state index contributed by atoms with van der Waals surface area (Å²) in [5, 5.41) is 7.10. The number of amides is 1. The predicted molar refractivity (Wildman–Crippen MR) is 95.4 cm³/mol. The maximum absolute atomic E-state index is 11.8. The number of nitrogens with zero attached hydrogens (tertiary/aromatic N) is 1. The van der Waals surface area contributed by atoms with Crippen molar-refractivity contribution < 1.29 is 9.32 Å². The van der Waals surface area contributed by atoms with Crippen molar-refractivity contribution in [2.75, 3.05) is 5.75 Å². The molecule has 0 bridgehead atoms. The number of benzene rings is 1. The smallest absolute Gasteiger partial charge is 0.230 e. The van der Waals surface area contributed by atoms with Crippen molar-refractivity contribution in [2.24, 2.45) is 0 Å². The van der Waals surface area contributed by atoms with Gasteiger partial charge in [-0.15, -0.1) is 11.8 Å². The van der Waals surface area contributed by atoms with Crippen LogP contribution in [-0.2, 0) is 10.5 Å². The van der Waals surface area contributed by atoms with Crippen molar-refractivity contribution >= 4 is 17.7 Å². The third-order valence-electron chi connectivity index (χ3n) is 3.51. The molecule has 0 radical (unpaired) electrons. The number of aryl methyl sites for hydroxylation is 1. The lowest BCUT2D eigenvalue weighted by Crippen LogP contribution is -2.33. The normalized spacial score (nSPS) is 12.1. The molecule has 0 unspecified atom stereocenters. The van der Waals surface area contributed by atoms with Crippen LogP contribution in [0.5, 0.6) is 0 Å². The zero-order chi connectivity index (χ0) is 16.7. The Hall–Kier alpha value is -1.75. The molecule has 124 valence electrons. The topological polar surface area (TPSA) is 55.1 Å². The molecule has 1 atom stereocenters. The molecule has 1 aromatic heterocycles. The van der Waals surface area contributed by atoms with Crippen molar-refractivity contribution in [3.8, 4) is 11.3 Å². The third kappa shape index (κ3) is 5.75. The van der Waals surface area contributed by atoms with Crippen LogP contribution < -0.4 is 5.32 Å². The Morgan fingerprint density at radius 2 is 2.09 bits per heavy atom. The second-order valence-corrected chi connectivity index (χ2v) is 6.78. The van der Waals surface area contributed by atoms with Gasteiger partial charge in [0, 0.05) is 17.7 Å². The summed E-state index contributed by atoms with van der Waals surface area (Å²) in [7, 11) is 0. The number of carbonyl (C=O) groups is 1. The van der Waals surface area contributed by atoms with Gasteiger partial charge < -0.3 is 9.84 Å². The Balaban J connectivity index is 1.79. The van der Waals surface area contributed by atoms with E-state index in [9.17, 15) is 4.79 Å². The first-order chi connectivity index (χ1) is 11.1. The molecule has 0 spiro atoms. The van der Waals surface area contributed by atoms with Gasteiger partial charge in [0.1, 0.15) is 11.5 Å². The molecule has 0 saturated carbocycles. The number of aromatic nitrogens is 1. The van der Waals surface area contributed by atoms with Crippen LogP contribution in [0, 0.1) is 6.92 Å². The van der Waals surface area contributed by atoms with Gasteiger partial charge in [-0.05, 0) is 20.3 Å². The predicted octanol–water partition coefficient (Wildman–Crippen LogP) is 4.19. The van der Waals surface area contributed by atoms with Gasteiger partial charge in [-0.1, -0.05) is 48.3 Å². The highest BCUT2D eigenvalue weighted by Crippen LogP contribution is 2.22. The molecular weight excluding hydrogens is 308 g/mol. The maximum atomic E-state index is 11.8. The minimum absolute atomic E-state index is 0.0780. The summed E-state index contributed by atoms with van der Waals surface area (Å²) in [5.74, 6) is 1.96. The summed E-state index contributed by atoms with van der Waals surface area (Å²) in [6, 6.07) is 10.4. The lowest BCUT2D eigenvalue weighted by molar-refractivity contribution is -0.119. The molecule has 0 fully saturated rings. The van der Waals surface area contributed by atoms with Crippen LogP contribution in [0.3, 0.4) is 0 Å². The van der Waals surface area contributed by atoms with Crippen LogP contribution in [-0.4, -0.2) is 22.9 Å². The average molecular weight is 332 g/mol. The minimum atomic E-state index is 0.0780. The van der Waals surface area contributed by atoms with E-state index in [1.807, 2.05) is 25.1 Å². The fourth-order valence-electron chi connectivity index (χ4n) is 2.31. The molecule has 1 heterocycles. The molecule has 2 rings (SSSR count). The largest absolute Gasteiger partial charge is 0.360 e. The van der Waals surface area contributed by atoms with E-state index in [2.05, 4.69) is 36.5 Å². The van der Waals surface area contributed by atoms with Gasteiger partial charge in [-0.25, -0.2) is 0 Å². The second-order valence-electron chi connectivity index (χ2n) is 5.79. The Kier molecular flexibility index (Phi) is 6.71. The molecule has 0 saturated heterocycles. The summed E-state index contributed by atoms with van der Waals surface area (Å²) >= 11 is 1.54. The van der Waals surface area contributed by atoms with E-state index < -0.39 is 0 Å². The molecule has 23 heavy (non-hydrogen) atoms. The van der Waals surface area contributed by atoms with Crippen molar-refractivity contribution in [1.82, 2.24) is 10.5 Å². The van der Waals surface area contributed by atoms with Crippen molar-refractivity contribution in [3.05, 3.63) is 41.7 Å². The Morgan fingerprint density at radius 3 is 2.78 bits per heavy atom. The second kappa shape index (κ2) is 8.77. The van der Waals surface area contributed by atoms with E-state index in [1.165, 1.54) is 17.3 Å². The van der Waals surface area contributed by atoms with Crippen LogP contribution >= 0.6 is 11.8 Å². The van der Waals surface area contributed by atoms with Crippen LogP contribution in [0.2, 0.25) is 0 Å². The Labute approximate surface area is 142 Å². The summed E-state index contributed by atoms with van der Waals surface area (Å²) in [6.07, 6.45) is 2.09. The van der Waals surface area contributed by atoms with E-state index >= 15 is 0 Å². The van der Waals surface area contributed by atoms with E-state index in [0.717, 1.165) is 29.9 Å². The molecule has 0 aliphatic carbocycles. The highest BCUT2D eigenvalue weighted by Gasteiger charge is 2.09. The standard InChI is InChI=1S/C18H24N2O2S/c1-4-5-14(3)19-18(21)12-23-11-16-10-17(20-22-16)15-8-6-13(2)7-9-15/h6-10,14H,4-5,11-12H2,1-3H3,(H,19,21)/t14-/m0/s1. The van der Waals surface area contributed by atoms with Crippen molar-refractivity contribution in [3.63, 3.8) is 0 Å². The fraction of sp³-hybridized carbons (Fsp3) is 0.444. The zero-order valence-corrected chi connectivity index (χ0v) is 14.8. The van der Waals surface area contributed by atoms with Gasteiger partial charge in [0.25, 0.3) is 0 Å². The Bertz CT molecular complexity index is 622. The van der Waals surface area contributed by atoms with E-state index in [4.69, 9.17) is 4.52 Å². The molecule has 2 aromatic rings. The zero-order valence-electron chi connectivity index (χ0n) is 14.0. The first-order valence-corrected chi connectivity index (χ1v) is 9.13. The lowest BCUT2D eigenvalue weighted by atomic mass is 10.1. The molecule has 0 aliphatic rings. The highest BCUT2D eigenvalue weighted by atomic mass is 32.2. The van der Waals surface area contributed by atoms with Gasteiger partial charge in [0.05, 0.1) is 11.5 Å². The summed E-state index contributed by atoms with van der Waals surface area (Å²) in [5.41, 5.74) is 3.10. The van der Waals surface area contributed by atoms with Crippen molar-refractivity contribution in [1.29, 1.82) is 0 Å². The fourth-order valence-corrected chi connectivity index (χ4v) is 3.02. The molecule has 1 amide bonds. The van der Waals surface area contributed by atoms with Gasteiger partial charge in [-0.2, -0.15) is 0 Å². The first-order valence-electron chi connectivity index (χ1n) is 7.98. The summed E-state index contributed by atoms with van der Waals surface area (Å²) < 4.78 is 5.35. The number of nitrogens with one attached hydrogen (secondary N) is 1. The maximum Gasteiger partial charge on any atom is 0.230 e. The van der Waals surface area contributed by atoms with E-state index in [0.29, 0.717) is 11.5 Å². The minimum Gasteiger partial charge on any atom is -0.360 e. The van der Waals surface area contributed by atoms with E-state index in [1.54, 1.807) is 0 Å². The molecule has 0 aliphatic heterocycles. The number of thioether (sulfide) groups is 1. The van der Waals surface area contributed by atoms with E-state index in [-0.39, 0.29) is 11.9 Å². The molecular formula is C18H24N2O2S. The number of hydrogen-bond acceptors (Lipinski definition) is 4. The monoisotopic (exact) mass is 332 g/mol. The lowest BCUT2D eigenvalue weighted by Gasteiger charge is -2.11. The highest BCUT2D eigenvalue weighted by molar-refractivity contribution is 7.99. The van der Waals surface area contributed by atoms with Crippen molar-refractivity contribution in [2.45, 2.75) is 45.4 Å². The summed E-state index contributed by atoms with van der Waals surface area (Å²) in [4.78, 5) is 11.8. The molecule has 1 N–H and O–H groups in total. The molecule has 5 heteroatoms. The number of carbonyl (C=O) groups excluding carboxylic acids is 1. The third-order valence-corrected chi connectivity index (χ3v) is 4.47. The first kappa shape index (κ1) is 17.6. The van der Waals surface area contributed by atoms with Crippen LogP contribution in [0.1, 0.15) is 38.0 Å².